The monoisotopic (exact) mass is 323 g/mol. The minimum Gasteiger partial charge on any atom is -0.507 e. The van der Waals surface area contributed by atoms with E-state index in [9.17, 15) is 9.90 Å². The summed E-state index contributed by atoms with van der Waals surface area (Å²) in [6, 6.07) is 12.0. The number of aromatic hydroxyl groups is 1. The molecule has 7 heteroatoms. The fourth-order valence-corrected chi connectivity index (χ4v) is 2.49. The molecule has 0 aliphatic carbocycles. The van der Waals surface area contributed by atoms with Crippen LogP contribution in [0.2, 0.25) is 0 Å². The number of hydrogen-bond donors (Lipinski definition) is 3. The summed E-state index contributed by atoms with van der Waals surface area (Å²) in [5, 5.41) is 19.6. The third-order valence-electron chi connectivity index (χ3n) is 3.67. The van der Waals surface area contributed by atoms with E-state index in [2.05, 4.69) is 15.5 Å². The summed E-state index contributed by atoms with van der Waals surface area (Å²) in [5.41, 5.74) is 2.45. The summed E-state index contributed by atoms with van der Waals surface area (Å²) in [6.07, 6.45) is 1.66. The Morgan fingerprint density at radius 2 is 2.00 bits per heavy atom. The predicted octanol–water partition coefficient (Wildman–Crippen LogP) is 2.76. The van der Waals surface area contributed by atoms with E-state index in [-0.39, 0.29) is 18.1 Å². The number of carbonyl (C=O) groups excluding carboxylic acids is 1. The van der Waals surface area contributed by atoms with Gasteiger partial charge in [0, 0.05) is 29.6 Å². The van der Waals surface area contributed by atoms with E-state index in [1.54, 1.807) is 12.3 Å². The van der Waals surface area contributed by atoms with Crippen LogP contribution in [-0.4, -0.2) is 28.0 Å². The lowest BCUT2D eigenvalue weighted by Gasteiger charge is -2.09. The van der Waals surface area contributed by atoms with Crippen molar-refractivity contribution < 1.29 is 19.4 Å². The van der Waals surface area contributed by atoms with Gasteiger partial charge in [0.2, 0.25) is 6.79 Å². The van der Waals surface area contributed by atoms with E-state index in [0.29, 0.717) is 17.2 Å². The molecule has 2 heterocycles. The number of phenolic OH excluding ortho intramolecular Hbond substituents is 1. The van der Waals surface area contributed by atoms with Gasteiger partial charge in [0.15, 0.2) is 11.5 Å². The highest BCUT2D eigenvalue weighted by molar-refractivity contribution is 6.06. The highest BCUT2D eigenvalue weighted by atomic mass is 16.7. The smallest absolute Gasteiger partial charge is 0.259 e. The number of nitrogens with one attached hydrogen (secondary N) is 2. The summed E-state index contributed by atoms with van der Waals surface area (Å²) in [6.45, 7) is 0.0755. The van der Waals surface area contributed by atoms with Crippen LogP contribution in [-0.2, 0) is 0 Å². The van der Waals surface area contributed by atoms with Crippen LogP contribution < -0.4 is 14.8 Å². The lowest BCUT2D eigenvalue weighted by molar-refractivity contribution is 0.102. The van der Waals surface area contributed by atoms with Crippen molar-refractivity contribution in [3.05, 3.63) is 54.2 Å². The molecule has 0 saturated carbocycles. The quantitative estimate of drug-likeness (QED) is 0.689. The number of H-pyrrole nitrogens is 1. The van der Waals surface area contributed by atoms with Crippen LogP contribution in [0.5, 0.6) is 17.2 Å². The number of nitrogens with zero attached hydrogens (tertiary/aromatic N) is 1. The van der Waals surface area contributed by atoms with Gasteiger partial charge in [-0.05, 0) is 18.2 Å². The molecule has 0 fully saturated rings. The van der Waals surface area contributed by atoms with Crippen molar-refractivity contribution in [2.24, 2.45) is 0 Å². The first-order chi connectivity index (χ1) is 11.7. The standard InChI is InChI=1S/C17H13N3O4/c21-14-8-16-15(23-9-24-16)7-12(14)17(22)19-11-3-1-2-10(6-11)13-4-5-18-20-13/h1-8,21H,9H2,(H,18,20)(H,19,22). The molecule has 1 aliphatic rings. The molecule has 0 spiro atoms. The Morgan fingerprint density at radius 1 is 1.17 bits per heavy atom. The van der Waals surface area contributed by atoms with Gasteiger partial charge in [-0.3, -0.25) is 9.89 Å². The van der Waals surface area contributed by atoms with Crippen LogP contribution >= 0.6 is 0 Å². The van der Waals surface area contributed by atoms with Gasteiger partial charge in [0.25, 0.3) is 5.91 Å². The summed E-state index contributed by atoms with van der Waals surface area (Å²) >= 11 is 0. The molecule has 0 saturated heterocycles. The summed E-state index contributed by atoms with van der Waals surface area (Å²) in [5.74, 6) is 0.253. The second-order valence-corrected chi connectivity index (χ2v) is 5.23. The Kier molecular flexibility index (Phi) is 3.31. The average Bonchev–Trinajstić information content (AvgIpc) is 3.25. The average molecular weight is 323 g/mol. The maximum atomic E-state index is 12.4. The Morgan fingerprint density at radius 3 is 2.79 bits per heavy atom. The number of phenols is 1. The Hall–Kier alpha value is -3.48. The minimum absolute atomic E-state index is 0.0755. The first kappa shape index (κ1) is 14.1. The zero-order valence-corrected chi connectivity index (χ0v) is 12.4. The lowest BCUT2D eigenvalue weighted by Crippen LogP contribution is -2.12. The number of aromatic nitrogens is 2. The first-order valence-electron chi connectivity index (χ1n) is 7.24. The molecule has 24 heavy (non-hydrogen) atoms. The molecule has 2 aromatic carbocycles. The molecule has 1 aliphatic heterocycles. The maximum absolute atomic E-state index is 12.4. The van der Waals surface area contributed by atoms with Gasteiger partial charge >= 0.3 is 0 Å². The minimum atomic E-state index is -0.437. The number of hydrogen-bond acceptors (Lipinski definition) is 5. The van der Waals surface area contributed by atoms with Gasteiger partial charge in [-0.1, -0.05) is 12.1 Å². The number of carbonyl (C=O) groups is 1. The molecular weight excluding hydrogens is 310 g/mol. The van der Waals surface area contributed by atoms with Crippen LogP contribution in [0.15, 0.2) is 48.7 Å². The Bertz CT molecular complexity index is 906. The van der Waals surface area contributed by atoms with Gasteiger partial charge in [0.1, 0.15) is 5.75 Å². The number of amides is 1. The van der Waals surface area contributed by atoms with Crippen LogP contribution in [0.3, 0.4) is 0 Å². The molecule has 0 radical (unpaired) electrons. The molecule has 4 rings (SSSR count). The van der Waals surface area contributed by atoms with Crippen LogP contribution in [0, 0.1) is 0 Å². The van der Waals surface area contributed by atoms with Crippen molar-refractivity contribution in [2.45, 2.75) is 0 Å². The number of aromatic amines is 1. The highest BCUT2D eigenvalue weighted by Gasteiger charge is 2.20. The van der Waals surface area contributed by atoms with Crippen molar-refractivity contribution in [3.8, 4) is 28.5 Å². The van der Waals surface area contributed by atoms with Gasteiger partial charge in [-0.2, -0.15) is 5.10 Å². The zero-order chi connectivity index (χ0) is 16.5. The Balaban J connectivity index is 1.60. The van der Waals surface area contributed by atoms with E-state index in [4.69, 9.17) is 9.47 Å². The fraction of sp³-hybridized carbons (Fsp3) is 0.0588. The van der Waals surface area contributed by atoms with E-state index in [0.717, 1.165) is 11.3 Å². The van der Waals surface area contributed by atoms with Crippen molar-refractivity contribution in [2.75, 3.05) is 12.1 Å². The van der Waals surface area contributed by atoms with Crippen molar-refractivity contribution >= 4 is 11.6 Å². The molecule has 0 unspecified atom stereocenters. The van der Waals surface area contributed by atoms with Crippen molar-refractivity contribution in [1.29, 1.82) is 0 Å². The van der Waals surface area contributed by atoms with E-state index in [1.807, 2.05) is 24.3 Å². The third-order valence-corrected chi connectivity index (χ3v) is 3.67. The van der Waals surface area contributed by atoms with Crippen LogP contribution in [0.1, 0.15) is 10.4 Å². The van der Waals surface area contributed by atoms with Gasteiger partial charge < -0.3 is 19.9 Å². The predicted molar refractivity (Wildman–Crippen MR) is 86.2 cm³/mol. The molecule has 3 N–H and O–H groups in total. The number of anilines is 1. The van der Waals surface area contributed by atoms with Gasteiger partial charge in [-0.15, -0.1) is 0 Å². The molecule has 1 aromatic heterocycles. The normalized spacial score (nSPS) is 12.2. The molecule has 0 bridgehead atoms. The molecular formula is C17H13N3O4. The first-order valence-corrected chi connectivity index (χ1v) is 7.24. The number of ether oxygens (including phenoxy) is 2. The molecule has 7 nitrogen and oxygen atoms in total. The summed E-state index contributed by atoms with van der Waals surface area (Å²) in [7, 11) is 0. The second kappa shape index (κ2) is 5.62. The molecule has 120 valence electrons. The SMILES string of the molecule is O=C(Nc1cccc(-c2ccn[nH]2)c1)c1cc2c(cc1O)OCO2. The van der Waals surface area contributed by atoms with E-state index < -0.39 is 5.91 Å². The third kappa shape index (κ3) is 2.52. The number of benzene rings is 2. The number of fused-ring (bicyclic) bond motifs is 1. The topological polar surface area (TPSA) is 96.5 Å². The summed E-state index contributed by atoms with van der Waals surface area (Å²) in [4.78, 5) is 12.4. The van der Waals surface area contributed by atoms with Crippen LogP contribution in [0.25, 0.3) is 11.3 Å². The Labute approximate surface area is 136 Å². The molecule has 1 amide bonds. The largest absolute Gasteiger partial charge is 0.507 e. The lowest BCUT2D eigenvalue weighted by atomic mass is 10.1. The van der Waals surface area contributed by atoms with E-state index in [1.165, 1.54) is 12.1 Å². The second-order valence-electron chi connectivity index (χ2n) is 5.23. The van der Waals surface area contributed by atoms with Crippen molar-refractivity contribution in [3.63, 3.8) is 0 Å². The van der Waals surface area contributed by atoms with E-state index >= 15 is 0 Å². The zero-order valence-electron chi connectivity index (χ0n) is 12.4. The van der Waals surface area contributed by atoms with Crippen LogP contribution in [0.4, 0.5) is 5.69 Å². The van der Waals surface area contributed by atoms with Gasteiger partial charge in [-0.25, -0.2) is 0 Å². The highest BCUT2D eigenvalue weighted by Crippen LogP contribution is 2.37. The maximum Gasteiger partial charge on any atom is 0.259 e. The summed E-state index contributed by atoms with van der Waals surface area (Å²) < 4.78 is 10.4. The van der Waals surface area contributed by atoms with Crippen molar-refractivity contribution in [1.82, 2.24) is 10.2 Å². The fourth-order valence-electron chi connectivity index (χ4n) is 2.49. The van der Waals surface area contributed by atoms with Gasteiger partial charge in [0.05, 0.1) is 11.3 Å². The number of rotatable bonds is 3. The molecule has 0 atom stereocenters. The molecule has 3 aromatic rings.